The topological polar surface area (TPSA) is 150 Å². The number of sulfone groups is 1. The van der Waals surface area contributed by atoms with E-state index in [4.69, 9.17) is 4.74 Å². The predicted octanol–water partition coefficient (Wildman–Crippen LogP) is 4.01. The smallest absolute Gasteiger partial charge is 0.271 e. The zero-order valence-corrected chi connectivity index (χ0v) is 22.3. The first kappa shape index (κ1) is 27.2. The molecule has 0 aliphatic heterocycles. The van der Waals surface area contributed by atoms with Gasteiger partial charge in [-0.3, -0.25) is 10.1 Å². The molecule has 0 aliphatic rings. The lowest BCUT2D eigenvalue weighted by molar-refractivity contribution is -0.123. The number of aliphatic hydroxyl groups excluding tert-OH is 2. The number of carbonyl (C=O) groups is 1. The maximum Gasteiger partial charge on any atom is 0.271 e. The third-order valence-corrected chi connectivity index (χ3v) is 8.70. The van der Waals surface area contributed by atoms with Gasteiger partial charge in [-0.15, -0.1) is 0 Å². The Kier molecular flexibility index (Phi) is 8.08. The number of carbonyl (C=O) groups excluding carboxylic acids is 1. The molecule has 4 rings (SSSR count). The summed E-state index contributed by atoms with van der Waals surface area (Å²) in [5.74, 6) is -0.233. The molecule has 0 saturated carbocycles. The van der Waals surface area contributed by atoms with Crippen LogP contribution in [0.1, 0.15) is 40.8 Å². The van der Waals surface area contributed by atoms with Crippen molar-refractivity contribution in [3.8, 4) is 11.8 Å². The molecule has 1 heterocycles. The van der Waals surface area contributed by atoms with Crippen LogP contribution in [0.3, 0.4) is 0 Å². The Morgan fingerprint density at radius 1 is 1.11 bits per heavy atom. The molecule has 0 fully saturated rings. The number of aryl methyl sites for hydroxylation is 1. The Bertz CT molecular complexity index is 1600. The van der Waals surface area contributed by atoms with Crippen molar-refractivity contribution in [2.24, 2.45) is 0 Å². The number of nitriles is 1. The van der Waals surface area contributed by atoms with Gasteiger partial charge >= 0.3 is 0 Å². The number of aromatic nitrogens is 1. The minimum atomic E-state index is -3.42. The van der Waals surface area contributed by atoms with Crippen molar-refractivity contribution in [1.29, 1.82) is 5.26 Å². The lowest BCUT2D eigenvalue weighted by atomic mass is 10.1. The average Bonchev–Trinajstić information content (AvgIpc) is 3.31. The van der Waals surface area contributed by atoms with Crippen LogP contribution in [0.2, 0.25) is 0 Å². The Morgan fingerprint density at radius 2 is 1.79 bits per heavy atom. The van der Waals surface area contributed by atoms with Crippen LogP contribution in [0.4, 0.5) is 5.13 Å². The summed E-state index contributed by atoms with van der Waals surface area (Å²) in [5.41, 5.74) is 3.25. The van der Waals surface area contributed by atoms with Gasteiger partial charge in [0, 0.05) is 5.56 Å². The summed E-state index contributed by atoms with van der Waals surface area (Å²) in [6.07, 6.45) is -1.16. The third kappa shape index (κ3) is 5.69. The number of amides is 1. The van der Waals surface area contributed by atoms with Gasteiger partial charge in [-0.2, -0.15) is 5.26 Å². The van der Waals surface area contributed by atoms with Crippen LogP contribution < -0.4 is 10.1 Å². The Hall–Kier alpha value is -3.82. The number of anilines is 1. The summed E-state index contributed by atoms with van der Waals surface area (Å²) in [5, 5.41) is 31.4. The zero-order valence-electron chi connectivity index (χ0n) is 20.6. The zero-order chi connectivity index (χ0) is 27.4. The fourth-order valence-corrected chi connectivity index (χ4v) is 5.64. The average molecular weight is 552 g/mol. The molecule has 1 atom stereocenters. The maximum absolute atomic E-state index is 13.5. The quantitative estimate of drug-likeness (QED) is 0.282. The molecule has 0 aliphatic carbocycles. The fourth-order valence-electron chi connectivity index (χ4n) is 3.84. The van der Waals surface area contributed by atoms with E-state index in [1.54, 1.807) is 44.2 Å². The molecule has 1 aromatic heterocycles. The van der Waals surface area contributed by atoms with E-state index in [2.05, 4.69) is 16.4 Å². The predicted molar refractivity (Wildman–Crippen MR) is 144 cm³/mol. The molecular weight excluding hydrogens is 526 g/mol. The van der Waals surface area contributed by atoms with Crippen LogP contribution >= 0.6 is 11.3 Å². The molecule has 3 aromatic carbocycles. The SMILES string of the molecule is CCS(=O)(=O)c1ccc(C(Oc2ccc(C#N)c(C)c2)C(=O)Nc2nc3cc(CO)c(CO)cc3s2)cc1. The highest BCUT2D eigenvalue weighted by atomic mass is 32.2. The largest absolute Gasteiger partial charge is 0.476 e. The van der Waals surface area contributed by atoms with Gasteiger partial charge in [-0.05, 0) is 66.1 Å². The summed E-state index contributed by atoms with van der Waals surface area (Å²) < 4.78 is 31.3. The molecular formula is C27H25N3O6S2. The van der Waals surface area contributed by atoms with Gasteiger partial charge in [0.25, 0.3) is 5.91 Å². The van der Waals surface area contributed by atoms with Gasteiger partial charge in [-0.1, -0.05) is 30.4 Å². The van der Waals surface area contributed by atoms with E-state index in [9.17, 15) is 28.7 Å². The van der Waals surface area contributed by atoms with Gasteiger partial charge in [0.05, 0.1) is 45.7 Å². The summed E-state index contributed by atoms with van der Waals surface area (Å²) in [6.45, 7) is 2.82. The summed E-state index contributed by atoms with van der Waals surface area (Å²) in [4.78, 5) is 18.0. The second-order valence-electron chi connectivity index (χ2n) is 8.47. The van der Waals surface area contributed by atoms with E-state index in [0.29, 0.717) is 44.2 Å². The second-order valence-corrected chi connectivity index (χ2v) is 11.8. The van der Waals surface area contributed by atoms with Gasteiger partial charge in [0.2, 0.25) is 6.10 Å². The maximum atomic E-state index is 13.5. The molecule has 4 aromatic rings. The summed E-state index contributed by atoms with van der Waals surface area (Å²) >= 11 is 1.20. The highest BCUT2D eigenvalue weighted by molar-refractivity contribution is 7.91. The number of aliphatic hydroxyl groups is 2. The standard InChI is InChI=1S/C27H25N3O6S2/c1-3-38(34,35)22-8-5-17(6-9-22)25(36-21-7-4-18(13-28)16(2)10-21)26(33)30-27-29-23-11-19(14-31)20(15-32)12-24(23)37-27/h4-12,25,31-32H,3,14-15H2,1-2H3,(H,29,30,33). The van der Waals surface area contributed by atoms with Crippen molar-refractivity contribution in [3.63, 3.8) is 0 Å². The van der Waals surface area contributed by atoms with Crippen molar-refractivity contribution in [3.05, 3.63) is 82.4 Å². The number of nitrogens with one attached hydrogen (secondary N) is 1. The van der Waals surface area contributed by atoms with Crippen LogP contribution in [-0.4, -0.2) is 35.3 Å². The molecule has 0 radical (unpaired) electrons. The Labute approximate surface area is 223 Å². The third-order valence-electron chi connectivity index (χ3n) is 6.01. The van der Waals surface area contributed by atoms with E-state index >= 15 is 0 Å². The van der Waals surface area contributed by atoms with Crippen LogP contribution in [0.15, 0.2) is 59.5 Å². The molecule has 38 heavy (non-hydrogen) atoms. The van der Waals surface area contributed by atoms with E-state index in [-0.39, 0.29) is 23.9 Å². The first-order valence-electron chi connectivity index (χ1n) is 11.6. The number of ether oxygens (including phenoxy) is 1. The van der Waals surface area contributed by atoms with Crippen molar-refractivity contribution in [1.82, 2.24) is 4.98 Å². The number of hydrogen-bond acceptors (Lipinski definition) is 9. The molecule has 11 heteroatoms. The minimum absolute atomic E-state index is 0.0507. The highest BCUT2D eigenvalue weighted by Gasteiger charge is 2.25. The van der Waals surface area contributed by atoms with Crippen molar-refractivity contribution in [2.75, 3.05) is 11.1 Å². The Morgan fingerprint density at radius 3 is 2.39 bits per heavy atom. The van der Waals surface area contributed by atoms with Crippen LogP contribution in [0.5, 0.6) is 5.75 Å². The van der Waals surface area contributed by atoms with Gasteiger partial charge in [-0.25, -0.2) is 13.4 Å². The highest BCUT2D eigenvalue weighted by Crippen LogP contribution is 2.31. The van der Waals surface area contributed by atoms with Crippen molar-refractivity contribution in [2.45, 2.75) is 38.1 Å². The first-order valence-corrected chi connectivity index (χ1v) is 14.1. The van der Waals surface area contributed by atoms with Crippen molar-refractivity contribution < 1.29 is 28.2 Å². The molecule has 9 nitrogen and oxygen atoms in total. The monoisotopic (exact) mass is 551 g/mol. The normalized spacial score (nSPS) is 12.2. The lowest BCUT2D eigenvalue weighted by Gasteiger charge is -2.19. The molecule has 0 bridgehead atoms. The van der Waals surface area contributed by atoms with Gasteiger partial charge in [0.1, 0.15) is 5.75 Å². The number of benzene rings is 3. The van der Waals surface area contributed by atoms with Gasteiger partial charge < -0.3 is 14.9 Å². The number of rotatable bonds is 9. The fraction of sp³-hybridized carbons (Fsp3) is 0.222. The molecule has 196 valence electrons. The second kappa shape index (κ2) is 11.3. The lowest BCUT2D eigenvalue weighted by Crippen LogP contribution is -2.25. The van der Waals surface area contributed by atoms with Crippen molar-refractivity contribution >= 4 is 42.4 Å². The van der Waals surface area contributed by atoms with Crippen LogP contribution in [0, 0.1) is 18.3 Å². The molecule has 1 unspecified atom stereocenters. The van der Waals surface area contributed by atoms with E-state index in [1.807, 2.05) is 0 Å². The summed E-state index contributed by atoms with van der Waals surface area (Å²) in [7, 11) is -3.42. The minimum Gasteiger partial charge on any atom is -0.476 e. The van der Waals surface area contributed by atoms with Crippen LogP contribution in [0.25, 0.3) is 10.2 Å². The van der Waals surface area contributed by atoms with Gasteiger partial charge in [0.15, 0.2) is 15.0 Å². The molecule has 0 saturated heterocycles. The van der Waals surface area contributed by atoms with E-state index < -0.39 is 21.8 Å². The van der Waals surface area contributed by atoms with Crippen LogP contribution in [-0.2, 0) is 27.8 Å². The number of hydrogen-bond donors (Lipinski definition) is 3. The summed E-state index contributed by atoms with van der Waals surface area (Å²) in [6, 6.07) is 16.2. The first-order chi connectivity index (χ1) is 18.2. The molecule has 0 spiro atoms. The number of thiazole rings is 1. The molecule has 3 N–H and O–H groups in total. The number of nitrogens with zero attached hydrogens (tertiary/aromatic N) is 2. The van der Waals surface area contributed by atoms with E-state index in [1.165, 1.54) is 35.6 Å². The molecule has 1 amide bonds. The van der Waals surface area contributed by atoms with E-state index in [0.717, 1.165) is 4.70 Å². The number of fused-ring (bicyclic) bond motifs is 1. The Balaban J connectivity index is 1.68.